The molecule has 0 aliphatic carbocycles. The van der Waals surface area contributed by atoms with Gasteiger partial charge in [0, 0.05) is 39.7 Å². The number of benzene rings is 2. The van der Waals surface area contributed by atoms with Gasteiger partial charge in [-0.1, -0.05) is 30.3 Å². The molecule has 2 aromatic carbocycles. The summed E-state index contributed by atoms with van der Waals surface area (Å²) in [6, 6.07) is 16.1. The number of piperidine rings is 1. The minimum atomic E-state index is -0.938. The van der Waals surface area contributed by atoms with Crippen molar-refractivity contribution in [3.63, 3.8) is 0 Å². The Morgan fingerprint density at radius 1 is 1.20 bits per heavy atom. The Morgan fingerprint density at radius 3 is 2.49 bits per heavy atom. The maximum absolute atomic E-state index is 13.3. The van der Waals surface area contributed by atoms with Crippen LogP contribution in [0, 0.1) is 6.92 Å². The summed E-state index contributed by atoms with van der Waals surface area (Å²) in [5.41, 5.74) is 1.62. The summed E-state index contributed by atoms with van der Waals surface area (Å²) >= 11 is 0. The highest BCUT2D eigenvalue weighted by Gasteiger charge is 2.47. The first-order chi connectivity index (χ1) is 16.5. The maximum atomic E-state index is 13.3. The first-order valence-corrected chi connectivity index (χ1v) is 12.8. The van der Waals surface area contributed by atoms with Crippen molar-refractivity contribution < 1.29 is 20.8 Å². The Labute approximate surface area is 211 Å². The van der Waals surface area contributed by atoms with Gasteiger partial charge in [0.15, 0.2) is 0 Å². The number of hydrogen-bond acceptors (Lipinski definition) is 5. The Hall–Kier alpha value is -2.41. The van der Waals surface area contributed by atoms with Crippen molar-refractivity contribution in [2.24, 2.45) is 0 Å². The van der Waals surface area contributed by atoms with Crippen LogP contribution in [0.3, 0.4) is 0 Å². The van der Waals surface area contributed by atoms with Crippen LogP contribution >= 0.6 is 0 Å². The fraction of sp³-hybridized carbons (Fsp3) is 0.552. The molecule has 1 amide bonds. The number of aryl methyl sites for hydroxylation is 1. The van der Waals surface area contributed by atoms with E-state index in [-0.39, 0.29) is 25.1 Å². The third-order valence-electron chi connectivity index (χ3n) is 7.11. The van der Waals surface area contributed by atoms with Gasteiger partial charge >= 0.3 is 0 Å². The summed E-state index contributed by atoms with van der Waals surface area (Å²) in [6.45, 7) is 13.2. The largest absolute Gasteiger partial charge is 0.491 e. The Bertz CT molecular complexity index is 1010. The van der Waals surface area contributed by atoms with Gasteiger partial charge < -0.3 is 19.5 Å². The van der Waals surface area contributed by atoms with Gasteiger partial charge in [0.25, 0.3) is 5.91 Å². The molecular formula is C29H42N2O4. The molecule has 1 atom stereocenters. The molecule has 2 aromatic rings. The maximum Gasteiger partial charge on any atom is 0.253 e. The van der Waals surface area contributed by atoms with Crippen LogP contribution in [0.15, 0.2) is 48.5 Å². The number of carbonyl (C=O) groups is 1. The van der Waals surface area contributed by atoms with Crippen molar-refractivity contribution >= 4 is 5.91 Å². The standard InChI is InChI=1S/C29H40N2O4.H2/c1-21(2)34-25-12-11-24(17-22(25)3)27(32)31-15-13-29(14-16-31)20-30(18-23-9-7-6-8-10-23)19-26(35-29)28(4,5)33;/h6-12,17,21,26,33H,13-16,18-20H2,1-5H3;1H. The van der Waals surface area contributed by atoms with Crippen LogP contribution in [0.2, 0.25) is 0 Å². The van der Waals surface area contributed by atoms with Crippen LogP contribution < -0.4 is 4.74 Å². The van der Waals surface area contributed by atoms with Gasteiger partial charge in [-0.3, -0.25) is 9.69 Å². The minimum absolute atomic E-state index is 0. The van der Waals surface area contributed by atoms with E-state index in [0.717, 1.165) is 37.2 Å². The number of rotatable bonds is 6. The van der Waals surface area contributed by atoms with E-state index in [9.17, 15) is 9.90 Å². The Morgan fingerprint density at radius 2 is 1.89 bits per heavy atom. The number of amides is 1. The van der Waals surface area contributed by atoms with Crippen LogP contribution in [0.25, 0.3) is 0 Å². The lowest BCUT2D eigenvalue weighted by Gasteiger charge is -2.52. The van der Waals surface area contributed by atoms with Gasteiger partial charge in [0.05, 0.1) is 23.4 Å². The van der Waals surface area contributed by atoms with Crippen molar-refractivity contribution in [3.8, 4) is 5.75 Å². The van der Waals surface area contributed by atoms with Crippen molar-refractivity contribution in [1.82, 2.24) is 9.80 Å². The van der Waals surface area contributed by atoms with E-state index in [2.05, 4.69) is 29.2 Å². The molecule has 0 saturated carbocycles. The lowest BCUT2D eigenvalue weighted by molar-refractivity contribution is -0.221. The predicted octanol–water partition coefficient (Wildman–Crippen LogP) is 4.67. The van der Waals surface area contributed by atoms with E-state index in [1.807, 2.05) is 63.8 Å². The number of nitrogens with zero attached hydrogens (tertiary/aromatic N) is 2. The number of aliphatic hydroxyl groups is 1. The van der Waals surface area contributed by atoms with E-state index in [0.29, 0.717) is 25.2 Å². The van der Waals surface area contributed by atoms with Gasteiger partial charge in [-0.2, -0.15) is 0 Å². The van der Waals surface area contributed by atoms with Gasteiger partial charge in [-0.15, -0.1) is 0 Å². The topological polar surface area (TPSA) is 62.2 Å². The number of carbonyl (C=O) groups excluding carboxylic acids is 1. The fourth-order valence-corrected chi connectivity index (χ4v) is 5.16. The number of likely N-dealkylation sites (tertiary alicyclic amines) is 1. The molecule has 2 aliphatic rings. The van der Waals surface area contributed by atoms with Crippen LogP contribution in [-0.4, -0.2) is 70.4 Å². The molecule has 0 bridgehead atoms. The van der Waals surface area contributed by atoms with Gasteiger partial charge in [0.2, 0.25) is 0 Å². The third kappa shape index (κ3) is 6.24. The molecule has 35 heavy (non-hydrogen) atoms. The second kappa shape index (κ2) is 10.3. The monoisotopic (exact) mass is 482 g/mol. The predicted molar refractivity (Wildman–Crippen MR) is 140 cm³/mol. The third-order valence-corrected chi connectivity index (χ3v) is 7.11. The lowest BCUT2D eigenvalue weighted by Crippen LogP contribution is -2.63. The molecule has 192 valence electrons. The van der Waals surface area contributed by atoms with E-state index in [1.165, 1.54) is 5.56 Å². The molecule has 2 saturated heterocycles. The summed E-state index contributed by atoms with van der Waals surface area (Å²) in [7, 11) is 0. The summed E-state index contributed by atoms with van der Waals surface area (Å²) < 4.78 is 12.4. The van der Waals surface area contributed by atoms with Gasteiger partial charge in [0.1, 0.15) is 5.75 Å². The van der Waals surface area contributed by atoms with Crippen LogP contribution in [0.1, 0.15) is 63.4 Å². The van der Waals surface area contributed by atoms with E-state index in [1.54, 1.807) is 0 Å². The number of hydrogen-bond donors (Lipinski definition) is 1. The van der Waals surface area contributed by atoms with Gasteiger partial charge in [-0.25, -0.2) is 0 Å². The van der Waals surface area contributed by atoms with Crippen LogP contribution in [0.5, 0.6) is 5.75 Å². The number of ether oxygens (including phenoxy) is 2. The molecule has 6 heteroatoms. The zero-order chi connectivity index (χ0) is 25.2. The smallest absolute Gasteiger partial charge is 0.253 e. The second-order valence-electron chi connectivity index (χ2n) is 11.0. The van der Waals surface area contributed by atoms with Crippen molar-refractivity contribution in [1.29, 1.82) is 0 Å². The van der Waals surface area contributed by atoms with Crippen LogP contribution in [0.4, 0.5) is 0 Å². The molecule has 2 fully saturated rings. The fourth-order valence-electron chi connectivity index (χ4n) is 5.16. The summed E-state index contributed by atoms with van der Waals surface area (Å²) in [4.78, 5) is 17.6. The zero-order valence-corrected chi connectivity index (χ0v) is 21.8. The summed E-state index contributed by atoms with van der Waals surface area (Å²) in [5.74, 6) is 0.871. The highest BCUT2D eigenvalue weighted by molar-refractivity contribution is 5.94. The Kier molecular flexibility index (Phi) is 7.55. The molecule has 1 N–H and O–H groups in total. The van der Waals surface area contributed by atoms with Gasteiger partial charge in [-0.05, 0) is 76.8 Å². The SMILES string of the molecule is Cc1cc(C(=O)N2CCC3(CC2)CN(Cc2ccccc2)CC(C(C)(C)O)O3)ccc1OC(C)C.[HH]. The summed E-state index contributed by atoms with van der Waals surface area (Å²) in [5, 5.41) is 10.8. The normalized spacial score (nSPS) is 20.9. The molecule has 2 heterocycles. The highest BCUT2D eigenvalue weighted by atomic mass is 16.5. The minimum Gasteiger partial charge on any atom is -0.491 e. The molecule has 0 radical (unpaired) electrons. The molecule has 0 aromatic heterocycles. The second-order valence-corrected chi connectivity index (χ2v) is 11.0. The molecule has 1 unspecified atom stereocenters. The Balaban J connectivity index is 0.00000361. The van der Waals surface area contributed by atoms with Crippen LogP contribution in [-0.2, 0) is 11.3 Å². The quantitative estimate of drug-likeness (QED) is 0.648. The summed E-state index contributed by atoms with van der Waals surface area (Å²) in [6.07, 6.45) is 1.32. The molecular weight excluding hydrogens is 440 g/mol. The van der Waals surface area contributed by atoms with Crippen molar-refractivity contribution in [2.75, 3.05) is 26.2 Å². The highest BCUT2D eigenvalue weighted by Crippen LogP contribution is 2.36. The first-order valence-electron chi connectivity index (χ1n) is 12.8. The molecule has 6 nitrogen and oxygen atoms in total. The molecule has 4 rings (SSSR count). The average molecular weight is 483 g/mol. The van der Waals surface area contributed by atoms with E-state index in [4.69, 9.17) is 9.47 Å². The molecule has 2 aliphatic heterocycles. The zero-order valence-electron chi connectivity index (χ0n) is 21.8. The first kappa shape index (κ1) is 25.7. The van der Waals surface area contributed by atoms with Crippen molar-refractivity contribution in [2.45, 2.75) is 77.4 Å². The molecule has 1 spiro atoms. The van der Waals surface area contributed by atoms with E-state index >= 15 is 0 Å². The lowest BCUT2D eigenvalue weighted by atomic mass is 9.86. The number of morpholine rings is 1. The van der Waals surface area contributed by atoms with E-state index < -0.39 is 5.60 Å². The average Bonchev–Trinajstić information content (AvgIpc) is 2.80. The van der Waals surface area contributed by atoms with Crippen molar-refractivity contribution in [3.05, 3.63) is 65.2 Å².